The monoisotopic (exact) mass is 161 g/mol. The van der Waals surface area contributed by atoms with Gasteiger partial charge in [-0.1, -0.05) is 6.92 Å². The first kappa shape index (κ1) is 8.93. The van der Waals surface area contributed by atoms with Crippen molar-refractivity contribution in [3.05, 3.63) is 0 Å². The van der Waals surface area contributed by atoms with Crippen LogP contribution in [-0.4, -0.2) is 30.0 Å². The molecule has 0 aromatic rings. The molecule has 0 saturated carbocycles. The van der Waals surface area contributed by atoms with Crippen molar-refractivity contribution < 1.29 is 14.7 Å². The number of hydrogen-bond acceptors (Lipinski definition) is 4. The second-order valence-corrected chi connectivity index (χ2v) is 3.06. The summed E-state index contributed by atoms with van der Waals surface area (Å²) in [5.74, 6) is 5.00. The van der Waals surface area contributed by atoms with Crippen molar-refractivity contribution in [1.29, 1.82) is 0 Å². The highest BCUT2D eigenvalue weighted by molar-refractivity contribution is 4.85. The van der Waals surface area contributed by atoms with Gasteiger partial charge in [0.1, 0.15) is 0 Å². The molecule has 0 radical (unpaired) electrons. The van der Waals surface area contributed by atoms with Gasteiger partial charge in [-0.3, -0.25) is 0 Å². The highest BCUT2D eigenvalue weighted by Crippen LogP contribution is 2.26. The molecule has 1 aliphatic rings. The van der Waals surface area contributed by atoms with Gasteiger partial charge in [-0.05, 0) is 6.92 Å². The van der Waals surface area contributed by atoms with E-state index in [2.05, 4.69) is 4.84 Å². The summed E-state index contributed by atoms with van der Waals surface area (Å²) in [7, 11) is 0. The van der Waals surface area contributed by atoms with Crippen LogP contribution in [0, 0.1) is 5.92 Å². The van der Waals surface area contributed by atoms with E-state index in [4.69, 9.17) is 10.6 Å². The molecule has 0 spiro atoms. The summed E-state index contributed by atoms with van der Waals surface area (Å²) in [6.07, 6.45) is -0.565. The van der Waals surface area contributed by atoms with Crippen molar-refractivity contribution in [1.82, 2.24) is 0 Å². The fourth-order valence-corrected chi connectivity index (χ4v) is 1.41. The summed E-state index contributed by atoms with van der Waals surface area (Å²) >= 11 is 0. The SMILES string of the molecule is CC1[C@@H](CON)O[C@@H](C)[C@H]1O. The molecule has 1 heterocycles. The van der Waals surface area contributed by atoms with Crippen molar-refractivity contribution >= 4 is 0 Å². The van der Waals surface area contributed by atoms with Crippen LogP contribution < -0.4 is 5.90 Å². The molecule has 0 aliphatic carbocycles. The van der Waals surface area contributed by atoms with E-state index in [1.165, 1.54) is 0 Å². The lowest BCUT2D eigenvalue weighted by Gasteiger charge is -2.13. The minimum absolute atomic E-state index is 0.0648. The van der Waals surface area contributed by atoms with Crippen LogP contribution in [0.4, 0.5) is 0 Å². The maximum Gasteiger partial charge on any atom is 0.0945 e. The summed E-state index contributed by atoms with van der Waals surface area (Å²) in [6, 6.07) is 0. The van der Waals surface area contributed by atoms with Crippen molar-refractivity contribution in [2.75, 3.05) is 6.61 Å². The van der Waals surface area contributed by atoms with Crippen LogP contribution >= 0.6 is 0 Å². The Balaban J connectivity index is 2.45. The van der Waals surface area contributed by atoms with Crippen LogP contribution in [0.25, 0.3) is 0 Å². The fraction of sp³-hybridized carbons (Fsp3) is 1.00. The zero-order valence-corrected chi connectivity index (χ0v) is 6.86. The molecule has 0 bridgehead atoms. The summed E-state index contributed by atoms with van der Waals surface area (Å²) < 4.78 is 5.37. The number of aliphatic hydroxyl groups is 1. The quantitative estimate of drug-likeness (QED) is 0.544. The molecular formula is C7H15NO3. The normalized spacial score (nSPS) is 44.7. The predicted octanol–water partition coefficient (Wildman–Crippen LogP) is -0.339. The van der Waals surface area contributed by atoms with Crippen LogP contribution in [0.15, 0.2) is 0 Å². The van der Waals surface area contributed by atoms with Crippen molar-refractivity contribution in [3.63, 3.8) is 0 Å². The Hall–Kier alpha value is -0.160. The molecule has 1 rings (SSSR count). The third-order valence-corrected chi connectivity index (χ3v) is 2.26. The Kier molecular flexibility index (Phi) is 2.84. The average Bonchev–Trinajstić information content (AvgIpc) is 2.19. The van der Waals surface area contributed by atoms with Gasteiger partial charge >= 0.3 is 0 Å². The molecule has 1 fully saturated rings. The van der Waals surface area contributed by atoms with Gasteiger partial charge in [-0.25, -0.2) is 5.90 Å². The second-order valence-electron chi connectivity index (χ2n) is 3.06. The molecule has 4 nitrogen and oxygen atoms in total. The third kappa shape index (κ3) is 1.70. The molecule has 11 heavy (non-hydrogen) atoms. The molecule has 3 N–H and O–H groups in total. The average molecular weight is 161 g/mol. The van der Waals surface area contributed by atoms with E-state index in [0.717, 1.165) is 0 Å². The number of nitrogens with two attached hydrogens (primary N) is 1. The van der Waals surface area contributed by atoms with E-state index in [9.17, 15) is 5.11 Å². The van der Waals surface area contributed by atoms with E-state index in [0.29, 0.717) is 6.61 Å². The first-order valence-electron chi connectivity index (χ1n) is 3.82. The zero-order valence-electron chi connectivity index (χ0n) is 6.86. The Bertz CT molecular complexity index is 131. The van der Waals surface area contributed by atoms with Gasteiger partial charge in [-0.2, -0.15) is 0 Å². The molecule has 66 valence electrons. The molecule has 1 unspecified atom stereocenters. The summed E-state index contributed by atoms with van der Waals surface area (Å²) in [5, 5.41) is 9.44. The maximum absolute atomic E-state index is 9.44. The van der Waals surface area contributed by atoms with Gasteiger partial charge < -0.3 is 14.7 Å². The Labute approximate surface area is 66.2 Å². The lowest BCUT2D eigenvalue weighted by Crippen LogP contribution is -2.26. The van der Waals surface area contributed by atoms with Crippen LogP contribution in [0.1, 0.15) is 13.8 Å². The van der Waals surface area contributed by atoms with Gasteiger partial charge in [0, 0.05) is 5.92 Å². The topological polar surface area (TPSA) is 64.7 Å². The number of aliphatic hydroxyl groups excluding tert-OH is 1. The fourth-order valence-electron chi connectivity index (χ4n) is 1.41. The van der Waals surface area contributed by atoms with Gasteiger partial charge in [-0.15, -0.1) is 0 Å². The highest BCUT2D eigenvalue weighted by atomic mass is 16.6. The standard InChI is InChI=1S/C7H15NO3/c1-4-6(3-10-8)11-5(2)7(4)9/h4-7,9H,3,8H2,1-2H3/t4?,5-,6+,7-/m0/s1. The van der Waals surface area contributed by atoms with Crippen molar-refractivity contribution in [3.8, 4) is 0 Å². The van der Waals surface area contributed by atoms with Crippen molar-refractivity contribution in [2.24, 2.45) is 11.8 Å². The van der Waals surface area contributed by atoms with E-state index in [1.807, 2.05) is 13.8 Å². The largest absolute Gasteiger partial charge is 0.390 e. The van der Waals surface area contributed by atoms with Crippen LogP contribution in [0.5, 0.6) is 0 Å². The minimum atomic E-state index is -0.393. The Morgan fingerprint density at radius 2 is 2.18 bits per heavy atom. The maximum atomic E-state index is 9.44. The van der Waals surface area contributed by atoms with Crippen LogP contribution in [0.3, 0.4) is 0 Å². The molecule has 4 atom stereocenters. The van der Waals surface area contributed by atoms with Gasteiger partial charge in [0.15, 0.2) is 0 Å². The molecule has 1 saturated heterocycles. The van der Waals surface area contributed by atoms with Crippen LogP contribution in [0.2, 0.25) is 0 Å². The molecule has 0 aromatic carbocycles. The Morgan fingerprint density at radius 3 is 2.55 bits per heavy atom. The smallest absolute Gasteiger partial charge is 0.0945 e. The van der Waals surface area contributed by atoms with Gasteiger partial charge in [0.2, 0.25) is 0 Å². The van der Waals surface area contributed by atoms with E-state index in [1.54, 1.807) is 0 Å². The van der Waals surface area contributed by atoms with Crippen LogP contribution in [-0.2, 0) is 9.57 Å². The van der Waals surface area contributed by atoms with Crippen molar-refractivity contribution in [2.45, 2.75) is 32.2 Å². The van der Waals surface area contributed by atoms with E-state index < -0.39 is 6.10 Å². The third-order valence-electron chi connectivity index (χ3n) is 2.26. The summed E-state index contributed by atoms with van der Waals surface area (Å²) in [5.41, 5.74) is 0. The zero-order chi connectivity index (χ0) is 8.43. The lowest BCUT2D eigenvalue weighted by atomic mass is 10.00. The van der Waals surface area contributed by atoms with E-state index in [-0.39, 0.29) is 18.1 Å². The van der Waals surface area contributed by atoms with Gasteiger partial charge in [0.05, 0.1) is 24.9 Å². The minimum Gasteiger partial charge on any atom is -0.390 e. The first-order chi connectivity index (χ1) is 5.16. The molecule has 4 heteroatoms. The van der Waals surface area contributed by atoms with Gasteiger partial charge in [0.25, 0.3) is 0 Å². The molecule has 1 aliphatic heterocycles. The predicted molar refractivity (Wildman–Crippen MR) is 39.6 cm³/mol. The summed E-state index contributed by atoms with van der Waals surface area (Å²) in [6.45, 7) is 4.12. The Morgan fingerprint density at radius 1 is 1.55 bits per heavy atom. The number of rotatable bonds is 2. The molecular weight excluding hydrogens is 146 g/mol. The highest BCUT2D eigenvalue weighted by Gasteiger charge is 2.37. The number of hydrogen-bond donors (Lipinski definition) is 2. The summed E-state index contributed by atoms with van der Waals surface area (Å²) in [4.78, 5) is 4.46. The molecule has 0 aromatic heterocycles. The number of ether oxygens (including phenoxy) is 1. The first-order valence-corrected chi connectivity index (χ1v) is 3.82. The van der Waals surface area contributed by atoms with E-state index >= 15 is 0 Å². The second kappa shape index (κ2) is 3.49. The molecule has 0 amide bonds. The lowest BCUT2D eigenvalue weighted by molar-refractivity contribution is -0.0247.